The van der Waals surface area contributed by atoms with E-state index in [1.165, 1.54) is 6.07 Å². The third-order valence-electron chi connectivity index (χ3n) is 3.68. The van der Waals surface area contributed by atoms with Crippen molar-refractivity contribution < 1.29 is 13.2 Å². The number of halogens is 4. The Kier molecular flexibility index (Phi) is 2.75. The summed E-state index contributed by atoms with van der Waals surface area (Å²) in [6.07, 6.45) is -4.40. The van der Waals surface area contributed by atoms with Gasteiger partial charge in [-0.05, 0) is 24.3 Å². The second-order valence-electron chi connectivity index (χ2n) is 5.07. The predicted octanol–water partition coefficient (Wildman–Crippen LogP) is 5.65. The van der Waals surface area contributed by atoms with E-state index < -0.39 is 11.7 Å². The summed E-state index contributed by atoms with van der Waals surface area (Å²) in [5.41, 5.74) is 0.583. The quantitative estimate of drug-likeness (QED) is 0.429. The molecule has 0 aliphatic heterocycles. The van der Waals surface area contributed by atoms with Gasteiger partial charge in [0.15, 0.2) is 0 Å². The average Bonchev–Trinajstić information content (AvgIpc) is 2.81. The molecule has 0 aliphatic carbocycles. The van der Waals surface area contributed by atoms with Crippen LogP contribution in [-0.4, -0.2) is 9.97 Å². The zero-order chi connectivity index (χ0) is 15.5. The molecule has 0 spiro atoms. The first-order valence-corrected chi connectivity index (χ1v) is 7.31. The fourth-order valence-corrected chi connectivity index (χ4v) is 3.06. The minimum absolute atomic E-state index is 0.0758. The molecular formula is C16H8BrF3N2. The van der Waals surface area contributed by atoms with Crippen molar-refractivity contribution in [2.75, 3.05) is 0 Å². The molecule has 4 aromatic rings. The Morgan fingerprint density at radius 2 is 1.82 bits per heavy atom. The van der Waals surface area contributed by atoms with Gasteiger partial charge in [-0.2, -0.15) is 13.2 Å². The second kappa shape index (κ2) is 4.46. The lowest BCUT2D eigenvalue weighted by molar-refractivity contribution is -0.136. The monoisotopic (exact) mass is 364 g/mol. The number of hydrogen-bond donors (Lipinski definition) is 1. The predicted molar refractivity (Wildman–Crippen MR) is 83.8 cm³/mol. The summed E-state index contributed by atoms with van der Waals surface area (Å²) in [5.74, 6) is 0. The van der Waals surface area contributed by atoms with Crippen LogP contribution in [0.4, 0.5) is 13.2 Å². The van der Waals surface area contributed by atoms with E-state index in [4.69, 9.17) is 0 Å². The first-order valence-electron chi connectivity index (χ1n) is 6.51. The van der Waals surface area contributed by atoms with Crippen LogP contribution in [0.25, 0.3) is 32.8 Å². The fraction of sp³-hybridized carbons (Fsp3) is 0.0625. The number of benzene rings is 2. The van der Waals surface area contributed by atoms with Crippen LogP contribution >= 0.6 is 15.9 Å². The van der Waals surface area contributed by atoms with Gasteiger partial charge in [-0.3, -0.25) is 0 Å². The zero-order valence-corrected chi connectivity index (χ0v) is 12.6. The Balaban J connectivity index is 2.15. The molecule has 0 atom stereocenters. The molecule has 4 rings (SSSR count). The first-order chi connectivity index (χ1) is 10.4. The molecule has 0 fully saturated rings. The Bertz CT molecular complexity index is 1030. The van der Waals surface area contributed by atoms with Crippen molar-refractivity contribution in [1.82, 2.24) is 9.97 Å². The summed E-state index contributed by atoms with van der Waals surface area (Å²) in [6, 6.07) is 11.6. The van der Waals surface area contributed by atoms with E-state index in [9.17, 15) is 13.2 Å². The van der Waals surface area contributed by atoms with Gasteiger partial charge < -0.3 is 4.98 Å². The van der Waals surface area contributed by atoms with Crippen LogP contribution in [0, 0.1) is 0 Å². The molecule has 2 aromatic carbocycles. The van der Waals surface area contributed by atoms with Gasteiger partial charge in [-0.1, -0.05) is 34.1 Å². The number of nitrogens with one attached hydrogen (secondary N) is 1. The van der Waals surface area contributed by atoms with Gasteiger partial charge >= 0.3 is 6.18 Å². The number of H-pyrrole nitrogens is 1. The van der Waals surface area contributed by atoms with E-state index in [2.05, 4.69) is 25.9 Å². The third kappa shape index (κ3) is 1.98. The largest absolute Gasteiger partial charge is 0.418 e. The summed E-state index contributed by atoms with van der Waals surface area (Å²) in [5, 5.41) is 2.10. The van der Waals surface area contributed by atoms with E-state index in [0.717, 1.165) is 21.4 Å². The Morgan fingerprint density at radius 1 is 1.00 bits per heavy atom. The number of alkyl halides is 3. The van der Waals surface area contributed by atoms with Crippen molar-refractivity contribution in [3.63, 3.8) is 0 Å². The highest BCUT2D eigenvalue weighted by atomic mass is 79.9. The van der Waals surface area contributed by atoms with E-state index in [0.29, 0.717) is 16.4 Å². The van der Waals surface area contributed by atoms with Crippen molar-refractivity contribution in [3.8, 4) is 0 Å². The van der Waals surface area contributed by atoms with Crippen LogP contribution in [0.5, 0.6) is 0 Å². The molecule has 0 unspecified atom stereocenters. The Labute approximate surface area is 131 Å². The van der Waals surface area contributed by atoms with E-state index in [1.54, 1.807) is 6.07 Å². The van der Waals surface area contributed by atoms with Crippen molar-refractivity contribution >= 4 is 48.8 Å². The van der Waals surface area contributed by atoms with Crippen LogP contribution in [-0.2, 0) is 6.18 Å². The molecule has 110 valence electrons. The van der Waals surface area contributed by atoms with Crippen molar-refractivity contribution in [3.05, 3.63) is 52.5 Å². The van der Waals surface area contributed by atoms with Gasteiger partial charge in [-0.25, -0.2) is 4.98 Å². The van der Waals surface area contributed by atoms with Crippen LogP contribution in [0.2, 0.25) is 0 Å². The number of aromatic nitrogens is 2. The number of hydrogen-bond acceptors (Lipinski definition) is 1. The average molecular weight is 365 g/mol. The number of aromatic amines is 1. The molecule has 22 heavy (non-hydrogen) atoms. The summed E-state index contributed by atoms with van der Waals surface area (Å²) in [6.45, 7) is 0. The molecule has 1 N–H and O–H groups in total. The smallest absolute Gasteiger partial charge is 0.339 e. The lowest BCUT2D eigenvalue weighted by atomic mass is 10.1. The molecule has 0 radical (unpaired) electrons. The van der Waals surface area contributed by atoms with Crippen molar-refractivity contribution in [2.45, 2.75) is 6.18 Å². The summed E-state index contributed by atoms with van der Waals surface area (Å²) in [4.78, 5) is 7.26. The van der Waals surface area contributed by atoms with E-state index >= 15 is 0 Å². The highest BCUT2D eigenvalue weighted by molar-refractivity contribution is 9.10. The summed E-state index contributed by atoms with van der Waals surface area (Å²) >= 11 is 3.37. The molecule has 0 saturated heterocycles. The van der Waals surface area contributed by atoms with Gasteiger partial charge in [0.05, 0.1) is 16.6 Å². The fourth-order valence-electron chi connectivity index (χ4n) is 2.71. The maximum Gasteiger partial charge on any atom is 0.418 e. The third-order valence-corrected chi connectivity index (χ3v) is 4.18. The lowest BCUT2D eigenvalue weighted by Gasteiger charge is -2.07. The number of para-hydroxylation sites is 1. The normalized spacial score (nSPS) is 12.5. The first kappa shape index (κ1) is 13.6. The maximum atomic E-state index is 13.1. The number of nitrogens with zero attached hydrogens (tertiary/aromatic N) is 1. The molecule has 0 bridgehead atoms. The van der Waals surface area contributed by atoms with Crippen molar-refractivity contribution in [2.24, 2.45) is 0 Å². The number of pyridine rings is 1. The van der Waals surface area contributed by atoms with Gasteiger partial charge in [0.1, 0.15) is 5.65 Å². The molecular weight excluding hydrogens is 357 g/mol. The van der Waals surface area contributed by atoms with E-state index in [-0.39, 0.29) is 5.52 Å². The number of fused-ring (bicyclic) bond motifs is 4. The highest BCUT2D eigenvalue weighted by Gasteiger charge is 2.33. The molecule has 2 heterocycles. The molecule has 0 saturated carbocycles. The van der Waals surface area contributed by atoms with Crippen LogP contribution in [0.1, 0.15) is 5.56 Å². The van der Waals surface area contributed by atoms with Crippen LogP contribution in [0.15, 0.2) is 46.9 Å². The lowest BCUT2D eigenvalue weighted by Crippen LogP contribution is -2.05. The maximum absolute atomic E-state index is 13.1. The highest BCUT2D eigenvalue weighted by Crippen LogP contribution is 2.37. The molecule has 0 amide bonds. The van der Waals surface area contributed by atoms with Crippen molar-refractivity contribution in [1.29, 1.82) is 0 Å². The van der Waals surface area contributed by atoms with Gasteiger partial charge in [0.2, 0.25) is 0 Å². The Morgan fingerprint density at radius 3 is 2.59 bits per heavy atom. The molecule has 2 aromatic heterocycles. The second-order valence-corrected chi connectivity index (χ2v) is 5.99. The topological polar surface area (TPSA) is 28.7 Å². The van der Waals surface area contributed by atoms with Crippen LogP contribution < -0.4 is 0 Å². The van der Waals surface area contributed by atoms with Gasteiger partial charge in [0.25, 0.3) is 0 Å². The molecule has 2 nitrogen and oxygen atoms in total. The summed E-state index contributed by atoms with van der Waals surface area (Å²) in [7, 11) is 0. The molecule has 6 heteroatoms. The molecule has 0 aliphatic rings. The Hall–Kier alpha value is -2.08. The van der Waals surface area contributed by atoms with Gasteiger partial charge in [-0.15, -0.1) is 0 Å². The van der Waals surface area contributed by atoms with Gasteiger partial charge in [0, 0.05) is 20.6 Å². The zero-order valence-electron chi connectivity index (χ0n) is 11.0. The van der Waals surface area contributed by atoms with E-state index in [1.807, 2.05) is 24.3 Å². The van der Waals surface area contributed by atoms with Crippen LogP contribution in [0.3, 0.4) is 0 Å². The standard InChI is InChI=1S/C16H8BrF3N2/c17-9-5-4-8-6-11-10-2-1-3-12(16(18,19)20)14(10)22-15(11)21-13(8)7-9/h1-7H,(H,21,22). The number of rotatable bonds is 0. The SMILES string of the molecule is FC(F)(F)c1cccc2c1[nH]c1nc3cc(Br)ccc3cc12. The summed E-state index contributed by atoms with van der Waals surface area (Å²) < 4.78 is 40.3. The minimum Gasteiger partial charge on any atom is -0.339 e. The minimum atomic E-state index is -4.40.